The molecule has 50 heavy (non-hydrogen) atoms. The zero-order valence-corrected chi connectivity index (χ0v) is 29.1. The van der Waals surface area contributed by atoms with E-state index < -0.39 is 23.8 Å². The van der Waals surface area contributed by atoms with E-state index in [2.05, 4.69) is 52.7 Å². The van der Waals surface area contributed by atoms with Gasteiger partial charge < -0.3 is 20.9 Å². The van der Waals surface area contributed by atoms with Crippen molar-refractivity contribution in [1.29, 1.82) is 0 Å². The normalized spacial score (nSPS) is 15.8. The summed E-state index contributed by atoms with van der Waals surface area (Å²) in [4.78, 5) is 45.5. The van der Waals surface area contributed by atoms with Gasteiger partial charge in [-0.15, -0.1) is 0 Å². The van der Waals surface area contributed by atoms with Crippen molar-refractivity contribution in [2.24, 2.45) is 23.5 Å². The molecule has 0 fully saturated rings. The summed E-state index contributed by atoms with van der Waals surface area (Å²) in [7, 11) is 0. The molecule has 1 aliphatic rings. The quantitative estimate of drug-likeness (QED) is 0.140. The van der Waals surface area contributed by atoms with Crippen LogP contribution in [0.2, 0.25) is 0 Å². The number of amides is 3. The largest absolute Gasteiger partial charge is 0.369 e. The topological polar surface area (TPSA) is 95.7 Å². The minimum absolute atomic E-state index is 0.158. The van der Waals surface area contributed by atoms with Crippen molar-refractivity contribution in [2.75, 3.05) is 16.3 Å². The van der Waals surface area contributed by atoms with Crippen LogP contribution in [0.4, 0.5) is 17.1 Å². The van der Waals surface area contributed by atoms with E-state index in [4.69, 9.17) is 5.73 Å². The van der Waals surface area contributed by atoms with Crippen molar-refractivity contribution >= 4 is 45.6 Å². The molecular formula is C43H46N4O3. The fraction of sp³-hybridized carbons (Fsp3) is 0.279. The van der Waals surface area contributed by atoms with Gasteiger partial charge in [-0.25, -0.2) is 0 Å². The summed E-state index contributed by atoms with van der Waals surface area (Å²) in [5.41, 5.74) is 11.5. The number of anilines is 3. The molecule has 5 aromatic rings. The van der Waals surface area contributed by atoms with Crippen LogP contribution in [-0.4, -0.2) is 30.3 Å². The number of nitrogens with one attached hydrogen (secondary N) is 1. The van der Waals surface area contributed by atoms with E-state index >= 15 is 0 Å². The van der Waals surface area contributed by atoms with Gasteiger partial charge in [0.2, 0.25) is 11.8 Å². The average Bonchev–Trinajstić information content (AvgIpc) is 3.24. The highest BCUT2D eigenvalue weighted by molar-refractivity contribution is 6.04. The molecule has 0 aliphatic carbocycles. The number of nitrogens with zero attached hydrogens (tertiary/aromatic N) is 2. The van der Waals surface area contributed by atoms with Gasteiger partial charge in [-0.2, -0.15) is 0 Å². The minimum Gasteiger partial charge on any atom is -0.369 e. The molecule has 0 spiro atoms. The van der Waals surface area contributed by atoms with Gasteiger partial charge in [-0.1, -0.05) is 112 Å². The molecule has 1 heterocycles. The molecule has 0 bridgehead atoms. The summed E-state index contributed by atoms with van der Waals surface area (Å²) < 4.78 is 0. The molecule has 6 rings (SSSR count). The second-order valence-electron chi connectivity index (χ2n) is 13.7. The summed E-state index contributed by atoms with van der Waals surface area (Å²) in [5, 5.41) is 5.48. The molecule has 1 aliphatic heterocycles. The highest BCUT2D eigenvalue weighted by atomic mass is 16.2. The van der Waals surface area contributed by atoms with Crippen LogP contribution in [0.5, 0.6) is 0 Å². The maximum atomic E-state index is 14.8. The summed E-state index contributed by atoms with van der Waals surface area (Å²) >= 11 is 0. The highest BCUT2D eigenvalue weighted by Gasteiger charge is 2.39. The molecule has 0 saturated carbocycles. The zero-order chi connectivity index (χ0) is 35.2. The molecular weight excluding hydrogens is 620 g/mol. The third kappa shape index (κ3) is 7.57. The molecule has 5 aromatic carbocycles. The van der Waals surface area contributed by atoms with Crippen molar-refractivity contribution < 1.29 is 14.4 Å². The van der Waals surface area contributed by atoms with Crippen LogP contribution in [-0.2, 0) is 20.9 Å². The predicted octanol–water partition coefficient (Wildman–Crippen LogP) is 8.24. The number of fused-ring (bicyclic) bond motifs is 2. The van der Waals surface area contributed by atoms with Gasteiger partial charge in [0, 0.05) is 17.5 Å². The Hall–Kier alpha value is -5.43. The molecule has 0 aromatic heterocycles. The maximum Gasteiger partial charge on any atom is 0.251 e. The molecule has 1 unspecified atom stereocenters. The van der Waals surface area contributed by atoms with Gasteiger partial charge in [0.1, 0.15) is 6.04 Å². The summed E-state index contributed by atoms with van der Waals surface area (Å²) in [5.74, 6) is -2.10. The van der Waals surface area contributed by atoms with E-state index in [1.807, 2.05) is 99.6 Å². The lowest BCUT2D eigenvalue weighted by Gasteiger charge is -2.30. The number of rotatable bonds is 12. The van der Waals surface area contributed by atoms with E-state index in [9.17, 15) is 14.4 Å². The highest BCUT2D eigenvalue weighted by Crippen LogP contribution is 2.38. The van der Waals surface area contributed by atoms with Crippen molar-refractivity contribution in [3.05, 3.63) is 127 Å². The summed E-state index contributed by atoms with van der Waals surface area (Å²) in [6.45, 7) is 6.58. The van der Waals surface area contributed by atoms with E-state index in [1.165, 1.54) is 10.8 Å². The Kier molecular flexibility index (Phi) is 10.6. The van der Waals surface area contributed by atoms with Crippen LogP contribution < -0.4 is 20.9 Å². The fourth-order valence-electron chi connectivity index (χ4n) is 7.20. The molecule has 3 N–H and O–H groups in total. The second-order valence-corrected chi connectivity index (χ2v) is 13.7. The van der Waals surface area contributed by atoms with E-state index in [1.54, 1.807) is 4.90 Å². The van der Waals surface area contributed by atoms with Crippen LogP contribution in [0.15, 0.2) is 121 Å². The number of benzene rings is 5. The van der Waals surface area contributed by atoms with Crippen molar-refractivity contribution in [3.8, 4) is 11.1 Å². The minimum atomic E-state index is -0.886. The lowest BCUT2D eigenvalue weighted by Crippen LogP contribution is -2.54. The zero-order valence-electron chi connectivity index (χ0n) is 29.1. The Morgan fingerprint density at radius 1 is 0.780 bits per heavy atom. The molecule has 7 heteroatoms. The maximum absolute atomic E-state index is 14.8. The van der Waals surface area contributed by atoms with E-state index in [0.29, 0.717) is 19.4 Å². The Morgan fingerprint density at radius 2 is 1.46 bits per heavy atom. The van der Waals surface area contributed by atoms with Gasteiger partial charge in [-0.05, 0) is 82.6 Å². The van der Waals surface area contributed by atoms with E-state index in [0.717, 1.165) is 40.2 Å². The van der Waals surface area contributed by atoms with Gasteiger partial charge in [0.05, 0.1) is 24.5 Å². The van der Waals surface area contributed by atoms with Crippen LogP contribution in [0.1, 0.15) is 45.6 Å². The van der Waals surface area contributed by atoms with E-state index in [-0.39, 0.29) is 24.3 Å². The number of primary amides is 1. The predicted molar refractivity (Wildman–Crippen MR) is 203 cm³/mol. The molecule has 3 atom stereocenters. The first-order valence-corrected chi connectivity index (χ1v) is 17.6. The van der Waals surface area contributed by atoms with Crippen LogP contribution in [0, 0.1) is 17.8 Å². The third-order valence-electron chi connectivity index (χ3n) is 9.64. The SMILES string of the molecule is CCC[C@H](C(N)=O)[C@@H](CC(C)C)C(=O)NC1CN(c2ccccc2)c2ccccc2N(Cc2cccc(-c3ccc4ccccc4c3)c2)C1=O. The lowest BCUT2D eigenvalue weighted by molar-refractivity contribution is -0.136. The molecule has 256 valence electrons. The van der Waals surface area contributed by atoms with Gasteiger partial charge in [0.25, 0.3) is 5.91 Å². The smallest absolute Gasteiger partial charge is 0.251 e. The van der Waals surface area contributed by atoms with Gasteiger partial charge in [-0.3, -0.25) is 14.4 Å². The number of para-hydroxylation sites is 3. The van der Waals surface area contributed by atoms with Gasteiger partial charge >= 0.3 is 0 Å². The first kappa shape index (κ1) is 34.4. The van der Waals surface area contributed by atoms with Crippen LogP contribution in [0.25, 0.3) is 21.9 Å². The summed E-state index contributed by atoms with van der Waals surface area (Å²) in [6, 6.07) is 40.0. The standard InChI is InChI=1S/C43H46N4O3/c1-4-13-36(41(44)48)37(24-29(2)3)42(49)45-38-28-46(35-18-6-5-7-19-35)39-20-10-11-21-40(39)47(43(38)50)27-30-14-12-17-32(25-30)34-23-22-31-15-8-9-16-33(31)26-34/h5-12,14-23,25-26,29,36-38H,4,13,24,27-28H2,1-3H3,(H2,44,48)(H,45,49)/t36-,37+,38?/m0/s1. The first-order valence-electron chi connectivity index (χ1n) is 17.6. The second kappa shape index (κ2) is 15.4. The summed E-state index contributed by atoms with van der Waals surface area (Å²) in [6.07, 6.45) is 1.73. The Balaban J connectivity index is 1.38. The number of hydrogen-bond acceptors (Lipinski definition) is 4. The van der Waals surface area contributed by atoms with Crippen LogP contribution >= 0.6 is 0 Å². The number of carbonyl (C=O) groups excluding carboxylic acids is 3. The number of hydrogen-bond donors (Lipinski definition) is 2. The number of nitrogens with two attached hydrogens (primary N) is 1. The van der Waals surface area contributed by atoms with Crippen molar-refractivity contribution in [1.82, 2.24) is 5.32 Å². The Bertz CT molecular complexity index is 1970. The molecule has 3 amide bonds. The third-order valence-corrected chi connectivity index (χ3v) is 9.64. The fourth-order valence-corrected chi connectivity index (χ4v) is 7.20. The molecule has 0 radical (unpaired) electrons. The molecule has 7 nitrogen and oxygen atoms in total. The lowest BCUT2D eigenvalue weighted by atomic mass is 9.81. The number of carbonyl (C=O) groups is 3. The Morgan fingerprint density at radius 3 is 2.18 bits per heavy atom. The van der Waals surface area contributed by atoms with Crippen molar-refractivity contribution in [3.63, 3.8) is 0 Å². The van der Waals surface area contributed by atoms with Crippen molar-refractivity contribution in [2.45, 2.75) is 52.6 Å². The molecule has 0 saturated heterocycles. The Labute approximate surface area is 295 Å². The van der Waals surface area contributed by atoms with Gasteiger partial charge in [0.15, 0.2) is 0 Å². The monoisotopic (exact) mass is 666 g/mol. The average molecular weight is 667 g/mol. The van der Waals surface area contributed by atoms with Crippen LogP contribution in [0.3, 0.4) is 0 Å². The first-order chi connectivity index (χ1) is 24.2.